The molecule has 2 aromatic heterocycles. The molecule has 4 rings (SSSR count). The zero-order chi connectivity index (χ0) is 19.7. The minimum atomic E-state index is -0.0204. The van der Waals surface area contributed by atoms with Gasteiger partial charge in [0.15, 0.2) is 0 Å². The maximum absolute atomic E-state index is 12.6. The molecule has 2 aromatic rings. The third-order valence-corrected chi connectivity index (χ3v) is 8.05. The number of carbonyl (C=O) groups excluding carboxylic acids is 1. The van der Waals surface area contributed by atoms with Gasteiger partial charge in [0, 0.05) is 24.0 Å². The number of hydrogen-bond donors (Lipinski definition) is 1. The Balaban J connectivity index is 1.33. The summed E-state index contributed by atoms with van der Waals surface area (Å²) in [5, 5.41) is 0.793. The van der Waals surface area contributed by atoms with Gasteiger partial charge in [-0.2, -0.15) is 0 Å². The van der Waals surface area contributed by atoms with E-state index in [0.717, 1.165) is 62.1 Å². The summed E-state index contributed by atoms with van der Waals surface area (Å²) >= 11 is 3.20. The lowest BCUT2D eigenvalue weighted by atomic mass is 10.2. The third kappa shape index (κ3) is 3.86. The average Bonchev–Trinajstić information content (AvgIpc) is 3.38. The number of nitrogens with zero attached hydrogens (tertiary/aromatic N) is 3. The molecule has 1 fully saturated rings. The van der Waals surface area contributed by atoms with Crippen molar-refractivity contribution < 1.29 is 4.79 Å². The van der Waals surface area contributed by atoms with Crippen LogP contribution in [0.4, 0.5) is 0 Å². The molecule has 6 nitrogen and oxygen atoms in total. The molecule has 0 radical (unpaired) electrons. The molecule has 1 amide bonds. The molecule has 152 valence electrons. The fourth-order valence-corrected chi connectivity index (χ4v) is 6.52. The molecule has 2 aliphatic rings. The molecule has 0 spiro atoms. The fraction of sp³-hybridized carbons (Fsp3) is 0.650. The number of aryl methyl sites for hydroxylation is 2. The van der Waals surface area contributed by atoms with Crippen molar-refractivity contribution >= 4 is 39.2 Å². The third-order valence-electron chi connectivity index (χ3n) is 5.93. The zero-order valence-electron chi connectivity index (χ0n) is 16.6. The highest BCUT2D eigenvalue weighted by Gasteiger charge is 2.29. The molecule has 0 bridgehead atoms. The molecule has 1 aliphatic heterocycles. The van der Waals surface area contributed by atoms with Crippen LogP contribution in [0.1, 0.15) is 43.0 Å². The van der Waals surface area contributed by atoms with Crippen molar-refractivity contribution in [2.75, 3.05) is 31.9 Å². The van der Waals surface area contributed by atoms with Crippen LogP contribution < -0.4 is 5.56 Å². The van der Waals surface area contributed by atoms with E-state index in [4.69, 9.17) is 0 Å². The van der Waals surface area contributed by atoms with Crippen LogP contribution in [0.2, 0.25) is 0 Å². The highest BCUT2D eigenvalue weighted by Crippen LogP contribution is 2.34. The predicted molar refractivity (Wildman–Crippen MR) is 116 cm³/mol. The van der Waals surface area contributed by atoms with Crippen molar-refractivity contribution in [1.29, 1.82) is 0 Å². The number of H-pyrrole nitrogens is 1. The van der Waals surface area contributed by atoms with Crippen LogP contribution in [0.5, 0.6) is 0 Å². The van der Waals surface area contributed by atoms with Gasteiger partial charge < -0.3 is 9.88 Å². The minimum Gasteiger partial charge on any atom is -0.340 e. The Morgan fingerprint density at radius 1 is 1.36 bits per heavy atom. The number of aromatic amines is 1. The SMILES string of the molecule is CCN(CC)C1CCN(C(=O)CSCc2nc3sc4c(c3c(=O)[nH]2)CCC4)C1. The predicted octanol–water partition coefficient (Wildman–Crippen LogP) is 2.65. The van der Waals surface area contributed by atoms with E-state index in [0.29, 0.717) is 23.4 Å². The highest BCUT2D eigenvalue weighted by atomic mass is 32.2. The summed E-state index contributed by atoms with van der Waals surface area (Å²) in [5.74, 6) is 1.87. The van der Waals surface area contributed by atoms with E-state index in [1.54, 1.807) is 11.3 Å². The van der Waals surface area contributed by atoms with E-state index in [1.807, 2.05) is 4.90 Å². The van der Waals surface area contributed by atoms with Crippen LogP contribution in [-0.4, -0.2) is 63.6 Å². The molecule has 3 heterocycles. The summed E-state index contributed by atoms with van der Waals surface area (Å²) < 4.78 is 0. The molecule has 1 atom stereocenters. The smallest absolute Gasteiger partial charge is 0.259 e. The van der Waals surface area contributed by atoms with Crippen molar-refractivity contribution in [1.82, 2.24) is 19.8 Å². The second-order valence-corrected chi connectivity index (χ2v) is 9.62. The summed E-state index contributed by atoms with van der Waals surface area (Å²) in [4.78, 5) is 39.3. The van der Waals surface area contributed by atoms with Crippen LogP contribution in [0, 0.1) is 0 Å². The van der Waals surface area contributed by atoms with Crippen molar-refractivity contribution in [3.63, 3.8) is 0 Å². The van der Waals surface area contributed by atoms with E-state index in [1.165, 1.54) is 22.2 Å². The monoisotopic (exact) mass is 420 g/mol. The summed E-state index contributed by atoms with van der Waals surface area (Å²) in [5.41, 5.74) is 1.19. The van der Waals surface area contributed by atoms with Crippen LogP contribution >= 0.6 is 23.1 Å². The lowest BCUT2D eigenvalue weighted by molar-refractivity contribution is -0.127. The molecule has 28 heavy (non-hydrogen) atoms. The van der Waals surface area contributed by atoms with Crippen molar-refractivity contribution in [2.24, 2.45) is 0 Å². The first-order chi connectivity index (χ1) is 13.6. The van der Waals surface area contributed by atoms with E-state index in [-0.39, 0.29) is 11.5 Å². The minimum absolute atomic E-state index is 0.0204. The number of hydrogen-bond acceptors (Lipinski definition) is 6. The van der Waals surface area contributed by atoms with Gasteiger partial charge in [-0.3, -0.25) is 14.5 Å². The van der Waals surface area contributed by atoms with Crippen LogP contribution in [0.15, 0.2) is 4.79 Å². The highest BCUT2D eigenvalue weighted by molar-refractivity contribution is 7.99. The zero-order valence-corrected chi connectivity index (χ0v) is 18.3. The second kappa shape index (κ2) is 8.55. The number of nitrogens with one attached hydrogen (secondary N) is 1. The van der Waals surface area contributed by atoms with Crippen molar-refractivity contribution in [3.8, 4) is 0 Å². The summed E-state index contributed by atoms with van der Waals surface area (Å²) in [7, 11) is 0. The Labute approximate surface area is 173 Å². The van der Waals surface area contributed by atoms with Crippen molar-refractivity contribution in [3.05, 3.63) is 26.6 Å². The fourth-order valence-electron chi connectivity index (χ4n) is 4.45. The van der Waals surface area contributed by atoms with Crippen LogP contribution in [0.3, 0.4) is 0 Å². The van der Waals surface area contributed by atoms with Gasteiger partial charge in [0.2, 0.25) is 5.91 Å². The van der Waals surface area contributed by atoms with Crippen LogP contribution in [0.25, 0.3) is 10.2 Å². The largest absolute Gasteiger partial charge is 0.340 e. The quantitative estimate of drug-likeness (QED) is 0.746. The number of fused-ring (bicyclic) bond motifs is 3. The topological polar surface area (TPSA) is 69.3 Å². The average molecular weight is 421 g/mol. The lowest BCUT2D eigenvalue weighted by Crippen LogP contribution is -2.39. The number of likely N-dealkylation sites (tertiary alicyclic amines) is 1. The number of aromatic nitrogens is 2. The molecule has 8 heteroatoms. The van der Waals surface area contributed by atoms with Gasteiger partial charge in [-0.25, -0.2) is 4.98 Å². The van der Waals surface area contributed by atoms with Crippen molar-refractivity contribution in [2.45, 2.75) is 51.3 Å². The Kier molecular flexibility index (Phi) is 6.08. The number of rotatable bonds is 7. The van der Waals surface area contributed by atoms with E-state index >= 15 is 0 Å². The first-order valence-electron chi connectivity index (χ1n) is 10.2. The first-order valence-corrected chi connectivity index (χ1v) is 12.2. The first kappa shape index (κ1) is 19.9. The number of carbonyl (C=O) groups is 1. The molecular formula is C20H28N4O2S2. The summed E-state index contributed by atoms with van der Waals surface area (Å²) in [6.45, 7) is 8.11. The molecule has 0 aromatic carbocycles. The van der Waals surface area contributed by atoms with Gasteiger partial charge in [-0.15, -0.1) is 23.1 Å². The lowest BCUT2D eigenvalue weighted by Gasteiger charge is -2.26. The number of thiophene rings is 1. The van der Waals surface area contributed by atoms with Gasteiger partial charge in [-0.1, -0.05) is 13.8 Å². The van der Waals surface area contributed by atoms with E-state index in [2.05, 4.69) is 28.7 Å². The molecule has 1 unspecified atom stereocenters. The molecule has 0 saturated carbocycles. The maximum Gasteiger partial charge on any atom is 0.259 e. The molecular weight excluding hydrogens is 392 g/mol. The van der Waals surface area contributed by atoms with Gasteiger partial charge >= 0.3 is 0 Å². The molecule has 1 aliphatic carbocycles. The summed E-state index contributed by atoms with van der Waals surface area (Å²) in [6.07, 6.45) is 4.26. The van der Waals surface area contributed by atoms with Gasteiger partial charge in [-0.05, 0) is 44.3 Å². The Bertz CT molecular complexity index is 919. The summed E-state index contributed by atoms with van der Waals surface area (Å²) in [6, 6.07) is 0.491. The Hall–Kier alpha value is -1.38. The number of likely N-dealkylation sites (N-methyl/N-ethyl adjacent to an activating group) is 1. The Morgan fingerprint density at radius 3 is 2.96 bits per heavy atom. The standard InChI is InChI=1S/C20H28N4O2S2/c1-3-23(4-2)13-8-9-24(10-13)17(25)12-27-11-16-21-19(26)18-14-6-5-7-15(14)28-20(18)22-16/h13H,3-12H2,1-2H3,(H,21,22,26). The van der Waals surface area contributed by atoms with Gasteiger partial charge in [0.25, 0.3) is 5.56 Å². The van der Waals surface area contributed by atoms with E-state index < -0.39 is 0 Å². The number of amides is 1. The molecule has 1 N–H and O–H groups in total. The Morgan fingerprint density at radius 2 is 2.18 bits per heavy atom. The molecule has 1 saturated heterocycles. The van der Waals surface area contributed by atoms with E-state index in [9.17, 15) is 9.59 Å². The second-order valence-electron chi connectivity index (χ2n) is 7.55. The van der Waals surface area contributed by atoms with Gasteiger partial charge in [0.05, 0.1) is 16.9 Å². The number of thioether (sulfide) groups is 1. The van der Waals surface area contributed by atoms with Gasteiger partial charge in [0.1, 0.15) is 10.7 Å². The maximum atomic E-state index is 12.6. The van der Waals surface area contributed by atoms with Crippen LogP contribution in [-0.2, 0) is 23.4 Å². The normalized spacial score (nSPS) is 19.1.